The minimum absolute atomic E-state index is 0.244. The summed E-state index contributed by atoms with van der Waals surface area (Å²) in [5, 5.41) is 0. The van der Waals surface area contributed by atoms with Crippen molar-refractivity contribution in [2.45, 2.75) is 12.8 Å². The molecular formula is C15H15BrN2O3S. The maximum absolute atomic E-state index is 11.8. The average molecular weight is 383 g/mol. The van der Waals surface area contributed by atoms with Crippen LogP contribution in [0.1, 0.15) is 21.7 Å². The van der Waals surface area contributed by atoms with Crippen LogP contribution in [0, 0.1) is 0 Å². The van der Waals surface area contributed by atoms with Crippen LogP contribution in [0.5, 0.6) is 5.75 Å². The molecule has 1 aromatic carbocycles. The van der Waals surface area contributed by atoms with Gasteiger partial charge in [0, 0.05) is 6.42 Å². The molecule has 5 nitrogen and oxygen atoms in total. The van der Waals surface area contributed by atoms with Crippen LogP contribution in [0.3, 0.4) is 0 Å². The highest BCUT2D eigenvalue weighted by Crippen LogP contribution is 2.21. The highest BCUT2D eigenvalue weighted by Gasteiger charge is 2.09. The number of hydrogen-bond donors (Lipinski definition) is 2. The second-order valence-electron chi connectivity index (χ2n) is 4.46. The highest BCUT2D eigenvalue weighted by atomic mass is 79.9. The van der Waals surface area contributed by atoms with Gasteiger partial charge in [-0.3, -0.25) is 20.4 Å². The maximum atomic E-state index is 11.8. The van der Waals surface area contributed by atoms with Gasteiger partial charge in [-0.15, -0.1) is 11.3 Å². The molecule has 2 amide bonds. The van der Waals surface area contributed by atoms with E-state index in [0.717, 1.165) is 15.1 Å². The van der Waals surface area contributed by atoms with E-state index in [0.29, 0.717) is 11.3 Å². The monoisotopic (exact) mass is 382 g/mol. The van der Waals surface area contributed by atoms with Crippen molar-refractivity contribution in [1.29, 1.82) is 0 Å². The Balaban J connectivity index is 1.77. The molecule has 0 radical (unpaired) electrons. The van der Waals surface area contributed by atoms with Crippen molar-refractivity contribution in [3.05, 3.63) is 50.6 Å². The van der Waals surface area contributed by atoms with Gasteiger partial charge >= 0.3 is 0 Å². The van der Waals surface area contributed by atoms with Crippen molar-refractivity contribution in [1.82, 2.24) is 10.9 Å². The minimum atomic E-state index is -0.328. The molecule has 0 aliphatic carbocycles. The predicted molar refractivity (Wildman–Crippen MR) is 88.9 cm³/mol. The van der Waals surface area contributed by atoms with Crippen LogP contribution in [0.25, 0.3) is 0 Å². The zero-order chi connectivity index (χ0) is 15.9. The molecule has 0 aliphatic heterocycles. The van der Waals surface area contributed by atoms with Crippen molar-refractivity contribution in [3.63, 3.8) is 0 Å². The molecule has 1 aromatic heterocycles. The first-order valence-corrected chi connectivity index (χ1v) is 8.17. The third-order valence-electron chi connectivity index (χ3n) is 2.89. The molecule has 1 heterocycles. The number of rotatable bonds is 5. The van der Waals surface area contributed by atoms with E-state index >= 15 is 0 Å². The maximum Gasteiger partial charge on any atom is 0.279 e. The summed E-state index contributed by atoms with van der Waals surface area (Å²) in [6.07, 6.45) is 0.852. The zero-order valence-electron chi connectivity index (χ0n) is 11.9. The molecule has 0 fully saturated rings. The van der Waals surface area contributed by atoms with Crippen molar-refractivity contribution >= 4 is 39.1 Å². The summed E-state index contributed by atoms with van der Waals surface area (Å²) >= 11 is 4.59. The number of thiophene rings is 1. The Kier molecular flexibility index (Phi) is 5.97. The smallest absolute Gasteiger partial charge is 0.279 e. The summed E-state index contributed by atoms with van der Waals surface area (Å²) < 4.78 is 5.99. The number of nitrogens with one attached hydrogen (secondary N) is 2. The molecule has 7 heteroatoms. The molecule has 0 aliphatic rings. The molecule has 0 bridgehead atoms. The first-order valence-electron chi connectivity index (χ1n) is 6.56. The Hall–Kier alpha value is -1.86. The number of methoxy groups -OCH3 is 1. The molecule has 2 rings (SSSR count). The van der Waals surface area contributed by atoms with Crippen LogP contribution in [0.2, 0.25) is 0 Å². The summed E-state index contributed by atoms with van der Waals surface area (Å²) in [5.74, 6) is 0.187. The zero-order valence-corrected chi connectivity index (χ0v) is 14.3. The number of carbonyl (C=O) groups is 2. The molecular weight excluding hydrogens is 368 g/mol. The fourth-order valence-corrected chi connectivity index (χ4v) is 3.05. The quantitative estimate of drug-likeness (QED) is 0.781. The van der Waals surface area contributed by atoms with E-state index in [9.17, 15) is 9.59 Å². The Morgan fingerprint density at radius 2 is 2.05 bits per heavy atom. The number of benzene rings is 1. The van der Waals surface area contributed by atoms with Gasteiger partial charge in [-0.05, 0) is 52.2 Å². The Labute approximate surface area is 140 Å². The third kappa shape index (κ3) is 4.85. The molecule has 0 saturated heterocycles. The minimum Gasteiger partial charge on any atom is -0.497 e. The van der Waals surface area contributed by atoms with E-state index in [2.05, 4.69) is 26.8 Å². The lowest BCUT2D eigenvalue weighted by Crippen LogP contribution is -2.41. The number of hydrogen-bond acceptors (Lipinski definition) is 4. The second-order valence-corrected chi connectivity index (χ2v) is 6.92. The second kappa shape index (κ2) is 7.95. The fourth-order valence-electron chi connectivity index (χ4n) is 1.77. The summed E-state index contributed by atoms with van der Waals surface area (Å²) in [4.78, 5) is 24.0. The van der Waals surface area contributed by atoms with E-state index in [-0.39, 0.29) is 18.2 Å². The molecule has 0 unspecified atom stereocenters. The van der Waals surface area contributed by atoms with Gasteiger partial charge in [0.2, 0.25) is 5.91 Å². The number of halogens is 1. The van der Waals surface area contributed by atoms with Crippen molar-refractivity contribution in [2.75, 3.05) is 7.11 Å². The van der Waals surface area contributed by atoms with Gasteiger partial charge in [0.1, 0.15) is 5.75 Å². The van der Waals surface area contributed by atoms with Gasteiger partial charge in [-0.25, -0.2) is 0 Å². The molecule has 22 heavy (non-hydrogen) atoms. The third-order valence-corrected chi connectivity index (χ3v) is 4.51. The van der Waals surface area contributed by atoms with Crippen LogP contribution >= 0.6 is 27.3 Å². The van der Waals surface area contributed by atoms with E-state index in [1.54, 1.807) is 19.2 Å². The molecule has 0 saturated carbocycles. The van der Waals surface area contributed by atoms with Crippen LogP contribution < -0.4 is 15.6 Å². The lowest BCUT2D eigenvalue weighted by molar-refractivity contribution is -0.121. The van der Waals surface area contributed by atoms with Gasteiger partial charge in [0.25, 0.3) is 5.91 Å². The normalized spacial score (nSPS) is 10.1. The van der Waals surface area contributed by atoms with Gasteiger partial charge in [-0.2, -0.15) is 0 Å². The molecule has 116 valence electrons. The lowest BCUT2D eigenvalue weighted by atomic mass is 10.1. The first kappa shape index (κ1) is 16.5. The number of ether oxygens (including phenoxy) is 1. The van der Waals surface area contributed by atoms with Crippen LogP contribution in [0.15, 0.2) is 40.2 Å². The molecule has 2 N–H and O–H groups in total. The van der Waals surface area contributed by atoms with Crippen molar-refractivity contribution in [3.8, 4) is 5.75 Å². The summed E-state index contributed by atoms with van der Waals surface area (Å²) in [6.45, 7) is 0. The summed E-state index contributed by atoms with van der Waals surface area (Å²) in [7, 11) is 1.60. The molecule has 0 atom stereocenters. The lowest BCUT2D eigenvalue weighted by Gasteiger charge is -2.07. The van der Waals surface area contributed by atoms with Crippen molar-refractivity contribution < 1.29 is 14.3 Å². The Morgan fingerprint density at radius 1 is 1.23 bits per heavy atom. The first-order chi connectivity index (χ1) is 10.6. The summed E-state index contributed by atoms with van der Waals surface area (Å²) in [5.41, 5.74) is 5.81. The average Bonchev–Trinajstić information content (AvgIpc) is 2.97. The topological polar surface area (TPSA) is 67.4 Å². The SMILES string of the molecule is COc1cccc(CCC(=O)NNC(=O)c2ccc(Br)s2)c1. The van der Waals surface area contributed by atoms with Gasteiger partial charge in [0.15, 0.2) is 0 Å². The summed E-state index contributed by atoms with van der Waals surface area (Å²) in [6, 6.07) is 11.0. The largest absolute Gasteiger partial charge is 0.497 e. The van der Waals surface area contributed by atoms with Crippen LogP contribution in [0.4, 0.5) is 0 Å². The van der Waals surface area contributed by atoms with Gasteiger partial charge in [0.05, 0.1) is 15.8 Å². The highest BCUT2D eigenvalue weighted by molar-refractivity contribution is 9.11. The fraction of sp³-hybridized carbons (Fsp3) is 0.200. The number of amides is 2. The van der Waals surface area contributed by atoms with E-state index in [1.807, 2.05) is 24.3 Å². The molecule has 2 aromatic rings. The molecule has 0 spiro atoms. The predicted octanol–water partition coefficient (Wildman–Crippen LogP) is 2.91. The number of hydrazine groups is 1. The van der Waals surface area contributed by atoms with E-state index < -0.39 is 0 Å². The van der Waals surface area contributed by atoms with Gasteiger partial charge < -0.3 is 4.74 Å². The number of carbonyl (C=O) groups excluding carboxylic acids is 2. The van der Waals surface area contributed by atoms with Crippen molar-refractivity contribution in [2.24, 2.45) is 0 Å². The Bertz CT molecular complexity index is 672. The number of aryl methyl sites for hydroxylation is 1. The van der Waals surface area contributed by atoms with Crippen LogP contribution in [-0.2, 0) is 11.2 Å². The standard InChI is InChI=1S/C15H15BrN2O3S/c1-21-11-4-2-3-10(9-11)5-8-14(19)17-18-15(20)12-6-7-13(16)22-12/h2-4,6-7,9H,5,8H2,1H3,(H,17,19)(H,18,20). The van der Waals surface area contributed by atoms with Crippen LogP contribution in [-0.4, -0.2) is 18.9 Å². The Morgan fingerprint density at radius 3 is 2.73 bits per heavy atom. The van der Waals surface area contributed by atoms with E-state index in [1.165, 1.54) is 11.3 Å². The van der Waals surface area contributed by atoms with E-state index in [4.69, 9.17) is 4.74 Å². The van der Waals surface area contributed by atoms with Gasteiger partial charge in [-0.1, -0.05) is 12.1 Å².